The lowest BCUT2D eigenvalue weighted by Gasteiger charge is -2.29. The molecule has 0 unspecified atom stereocenters. The van der Waals surface area contributed by atoms with Gasteiger partial charge in [-0.2, -0.15) is 0 Å². The van der Waals surface area contributed by atoms with E-state index in [1.807, 2.05) is 31.2 Å². The average molecular weight is 360 g/mol. The van der Waals surface area contributed by atoms with Crippen molar-refractivity contribution in [1.82, 2.24) is 5.32 Å². The minimum absolute atomic E-state index is 0.106. The molecule has 0 aromatic heterocycles. The number of benzene rings is 2. The lowest BCUT2D eigenvalue weighted by molar-refractivity contribution is 0.0966. The van der Waals surface area contributed by atoms with Crippen molar-refractivity contribution in [1.29, 1.82) is 0 Å². The molecule has 1 saturated carbocycles. The molecule has 0 atom stereocenters. The lowest BCUT2D eigenvalue weighted by atomic mass is 9.88. The Bertz CT molecular complexity index is 923. The van der Waals surface area contributed by atoms with E-state index in [4.69, 9.17) is 0 Å². The fourth-order valence-corrected chi connectivity index (χ4v) is 3.95. The van der Waals surface area contributed by atoms with Crippen LogP contribution in [0.2, 0.25) is 0 Å². The number of allylic oxidation sites excluding steroid dienone is 2. The van der Waals surface area contributed by atoms with Gasteiger partial charge in [0.15, 0.2) is 0 Å². The summed E-state index contributed by atoms with van der Waals surface area (Å²) in [6, 6.07) is 15.1. The fourth-order valence-electron chi connectivity index (χ4n) is 3.95. The molecule has 4 rings (SSSR count). The van der Waals surface area contributed by atoms with E-state index < -0.39 is 0 Å². The third kappa shape index (κ3) is 3.52. The van der Waals surface area contributed by atoms with Gasteiger partial charge in [-0.25, -0.2) is 0 Å². The molecule has 0 bridgehead atoms. The van der Waals surface area contributed by atoms with Crippen LogP contribution < -0.4 is 10.6 Å². The summed E-state index contributed by atoms with van der Waals surface area (Å²) < 4.78 is 0. The van der Waals surface area contributed by atoms with Gasteiger partial charge in [-0.3, -0.25) is 9.59 Å². The zero-order valence-corrected chi connectivity index (χ0v) is 15.5. The number of aryl methyl sites for hydroxylation is 1. The van der Waals surface area contributed by atoms with E-state index in [1.54, 1.807) is 24.3 Å². The summed E-state index contributed by atoms with van der Waals surface area (Å²) >= 11 is 0. The van der Waals surface area contributed by atoms with Crippen LogP contribution >= 0.6 is 0 Å². The van der Waals surface area contributed by atoms with Crippen molar-refractivity contribution in [2.75, 3.05) is 5.32 Å². The Morgan fingerprint density at radius 2 is 1.48 bits per heavy atom. The van der Waals surface area contributed by atoms with Gasteiger partial charge in [0, 0.05) is 22.9 Å². The maximum atomic E-state index is 13.2. The minimum atomic E-state index is -0.134. The molecule has 2 aromatic carbocycles. The number of nitrogens with one attached hydrogen (secondary N) is 2. The van der Waals surface area contributed by atoms with Gasteiger partial charge >= 0.3 is 0 Å². The third-order valence-corrected chi connectivity index (χ3v) is 5.36. The molecular weight excluding hydrogens is 336 g/mol. The Balaban J connectivity index is 1.75. The van der Waals surface area contributed by atoms with Crippen LogP contribution in [0.15, 0.2) is 59.9 Å². The topological polar surface area (TPSA) is 58.2 Å². The molecule has 4 heteroatoms. The fraction of sp³-hybridized carbons (Fsp3) is 0.304. The Hall–Kier alpha value is -2.88. The second-order valence-corrected chi connectivity index (χ2v) is 7.43. The molecule has 2 N–H and O–H groups in total. The molecule has 0 spiro atoms. The summed E-state index contributed by atoms with van der Waals surface area (Å²) in [5, 5.41) is 6.64. The highest BCUT2D eigenvalue weighted by atomic mass is 16.1. The Morgan fingerprint density at radius 3 is 2.15 bits per heavy atom. The van der Waals surface area contributed by atoms with Crippen LogP contribution in [0, 0.1) is 6.92 Å². The number of fused-ring (bicyclic) bond motifs is 1. The summed E-state index contributed by atoms with van der Waals surface area (Å²) in [4.78, 5) is 26.4. The zero-order valence-electron chi connectivity index (χ0n) is 15.5. The van der Waals surface area contributed by atoms with E-state index in [-0.39, 0.29) is 17.6 Å². The first-order chi connectivity index (χ1) is 13.1. The third-order valence-electron chi connectivity index (χ3n) is 5.36. The highest BCUT2D eigenvalue weighted by molar-refractivity contribution is 6.27. The van der Waals surface area contributed by atoms with Gasteiger partial charge in [0.05, 0.1) is 0 Å². The van der Waals surface area contributed by atoms with Crippen LogP contribution in [0.3, 0.4) is 0 Å². The van der Waals surface area contributed by atoms with E-state index in [1.165, 1.54) is 6.42 Å². The van der Waals surface area contributed by atoms with Gasteiger partial charge < -0.3 is 10.6 Å². The highest BCUT2D eigenvalue weighted by Crippen LogP contribution is 2.28. The van der Waals surface area contributed by atoms with Crippen LogP contribution in [0.1, 0.15) is 58.4 Å². The van der Waals surface area contributed by atoms with E-state index in [9.17, 15) is 9.59 Å². The molecule has 138 valence electrons. The van der Waals surface area contributed by atoms with Gasteiger partial charge in [-0.15, -0.1) is 0 Å². The zero-order chi connectivity index (χ0) is 18.8. The minimum Gasteiger partial charge on any atom is -0.377 e. The molecule has 2 aliphatic carbocycles. The van der Waals surface area contributed by atoms with Gasteiger partial charge in [-0.05, 0) is 37.5 Å². The van der Waals surface area contributed by atoms with Gasteiger partial charge in [-0.1, -0.05) is 55.7 Å². The van der Waals surface area contributed by atoms with E-state index in [2.05, 4.69) is 10.6 Å². The van der Waals surface area contributed by atoms with Gasteiger partial charge in [0.25, 0.3) is 0 Å². The number of hydrogen-bond donors (Lipinski definition) is 2. The molecule has 27 heavy (non-hydrogen) atoms. The first-order valence-electron chi connectivity index (χ1n) is 9.66. The smallest absolute Gasteiger partial charge is 0.212 e. The van der Waals surface area contributed by atoms with E-state index >= 15 is 0 Å². The average Bonchev–Trinajstić information content (AvgIpc) is 2.69. The SMILES string of the molecule is Cc1cccc(NC2=C(NC3CCCCC3)C(=O)c3ccccc3C2=O)c1. The molecule has 0 radical (unpaired) electrons. The summed E-state index contributed by atoms with van der Waals surface area (Å²) in [7, 11) is 0. The van der Waals surface area contributed by atoms with Crippen LogP contribution in [-0.2, 0) is 0 Å². The van der Waals surface area contributed by atoms with Crippen molar-refractivity contribution < 1.29 is 9.59 Å². The van der Waals surface area contributed by atoms with Crippen LogP contribution in [0.4, 0.5) is 5.69 Å². The number of anilines is 1. The summed E-state index contributed by atoms with van der Waals surface area (Å²) in [5.41, 5.74) is 3.62. The Morgan fingerprint density at radius 1 is 0.815 bits per heavy atom. The second kappa shape index (κ2) is 7.39. The van der Waals surface area contributed by atoms with Crippen molar-refractivity contribution in [2.45, 2.75) is 45.1 Å². The number of hydrogen-bond acceptors (Lipinski definition) is 4. The predicted octanol–water partition coefficient (Wildman–Crippen LogP) is 4.62. The predicted molar refractivity (Wildman–Crippen MR) is 107 cm³/mol. The maximum Gasteiger partial charge on any atom is 0.212 e. The molecule has 0 amide bonds. The first kappa shape index (κ1) is 17.5. The van der Waals surface area contributed by atoms with Crippen LogP contribution in [0.5, 0.6) is 0 Å². The maximum absolute atomic E-state index is 13.2. The number of Topliss-reactive ketones (excluding diaryl/α,β-unsaturated/α-hetero) is 2. The normalized spacial score (nSPS) is 17.7. The quantitative estimate of drug-likeness (QED) is 0.835. The van der Waals surface area contributed by atoms with Crippen molar-refractivity contribution in [3.05, 3.63) is 76.6 Å². The van der Waals surface area contributed by atoms with E-state index in [0.717, 1.165) is 36.9 Å². The lowest BCUT2D eigenvalue weighted by Crippen LogP contribution is -2.39. The molecule has 2 aromatic rings. The number of carbonyl (C=O) groups is 2. The largest absolute Gasteiger partial charge is 0.377 e. The number of ketones is 2. The summed E-state index contributed by atoms with van der Waals surface area (Å²) in [6.07, 6.45) is 5.62. The van der Waals surface area contributed by atoms with Gasteiger partial charge in [0.1, 0.15) is 11.4 Å². The molecule has 0 saturated heterocycles. The number of rotatable bonds is 4. The Kier molecular flexibility index (Phi) is 4.80. The second-order valence-electron chi connectivity index (χ2n) is 7.43. The standard InChI is InChI=1S/C23H24N2O2/c1-15-8-7-11-17(14-15)25-21-20(24-16-9-3-2-4-10-16)22(26)18-12-5-6-13-19(18)23(21)27/h5-8,11-14,16,24-25H,2-4,9-10H2,1H3. The summed E-state index contributed by atoms with van der Waals surface area (Å²) in [5.74, 6) is -0.240. The van der Waals surface area contributed by atoms with E-state index in [0.29, 0.717) is 22.5 Å². The Labute approximate surface area is 159 Å². The molecule has 1 fully saturated rings. The summed E-state index contributed by atoms with van der Waals surface area (Å²) in [6.45, 7) is 2.00. The van der Waals surface area contributed by atoms with Crippen LogP contribution in [-0.4, -0.2) is 17.6 Å². The van der Waals surface area contributed by atoms with Crippen molar-refractivity contribution in [2.24, 2.45) is 0 Å². The molecule has 2 aliphatic rings. The monoisotopic (exact) mass is 360 g/mol. The molecular formula is C23H24N2O2. The van der Waals surface area contributed by atoms with Crippen molar-refractivity contribution >= 4 is 17.3 Å². The number of carbonyl (C=O) groups excluding carboxylic acids is 2. The molecule has 4 nitrogen and oxygen atoms in total. The molecule has 0 aliphatic heterocycles. The van der Waals surface area contributed by atoms with Crippen molar-refractivity contribution in [3.63, 3.8) is 0 Å². The van der Waals surface area contributed by atoms with Crippen LogP contribution in [0.25, 0.3) is 0 Å². The van der Waals surface area contributed by atoms with Crippen molar-refractivity contribution in [3.8, 4) is 0 Å². The highest BCUT2D eigenvalue weighted by Gasteiger charge is 2.33. The molecule has 0 heterocycles. The first-order valence-corrected chi connectivity index (χ1v) is 9.66. The van der Waals surface area contributed by atoms with Gasteiger partial charge in [0.2, 0.25) is 11.6 Å².